The van der Waals surface area contributed by atoms with E-state index in [0.717, 1.165) is 6.54 Å². The fraction of sp³-hybridized carbons (Fsp3) is 0.188. The van der Waals surface area contributed by atoms with Crippen LogP contribution in [0.25, 0.3) is 10.8 Å². The Kier molecular flexibility index (Phi) is 3.58. The standard InChI is InChI=1S/C16H16N2S/c1-12(16-7-4-8-19-16)18-11-14-10-17-9-13-5-2-3-6-15(13)14/h2-10,12,18H,11H2,1H3/t12-/m1/s1. The Morgan fingerprint density at radius 3 is 2.89 bits per heavy atom. The predicted octanol–water partition coefficient (Wildman–Crippen LogP) is 4.15. The van der Waals surface area contributed by atoms with Crippen molar-refractivity contribution in [2.24, 2.45) is 0 Å². The number of nitrogens with one attached hydrogen (secondary N) is 1. The molecule has 0 aliphatic rings. The summed E-state index contributed by atoms with van der Waals surface area (Å²) in [6.07, 6.45) is 3.87. The molecule has 1 aromatic carbocycles. The van der Waals surface area contributed by atoms with Crippen molar-refractivity contribution in [1.82, 2.24) is 10.3 Å². The van der Waals surface area contributed by atoms with Crippen molar-refractivity contribution in [3.63, 3.8) is 0 Å². The quantitative estimate of drug-likeness (QED) is 0.769. The molecular formula is C16H16N2S. The molecule has 3 aromatic rings. The van der Waals surface area contributed by atoms with Gasteiger partial charge in [-0.1, -0.05) is 30.3 Å². The van der Waals surface area contributed by atoms with Crippen molar-refractivity contribution in [1.29, 1.82) is 0 Å². The average Bonchev–Trinajstić information content (AvgIpc) is 2.99. The van der Waals surface area contributed by atoms with Crippen LogP contribution in [0.4, 0.5) is 0 Å². The van der Waals surface area contributed by atoms with Gasteiger partial charge in [-0.3, -0.25) is 4.98 Å². The molecule has 96 valence electrons. The molecule has 0 fully saturated rings. The highest BCUT2D eigenvalue weighted by molar-refractivity contribution is 7.10. The first kappa shape index (κ1) is 12.3. The summed E-state index contributed by atoms with van der Waals surface area (Å²) >= 11 is 1.79. The van der Waals surface area contributed by atoms with E-state index in [-0.39, 0.29) is 0 Å². The number of benzene rings is 1. The van der Waals surface area contributed by atoms with E-state index in [9.17, 15) is 0 Å². The molecule has 0 aliphatic carbocycles. The summed E-state index contributed by atoms with van der Waals surface area (Å²) in [5, 5.41) is 8.16. The summed E-state index contributed by atoms with van der Waals surface area (Å²) in [5.74, 6) is 0. The zero-order valence-electron chi connectivity index (χ0n) is 10.8. The highest BCUT2D eigenvalue weighted by atomic mass is 32.1. The number of pyridine rings is 1. The molecule has 2 heterocycles. The molecule has 0 radical (unpaired) electrons. The lowest BCUT2D eigenvalue weighted by atomic mass is 10.1. The molecular weight excluding hydrogens is 252 g/mol. The number of fused-ring (bicyclic) bond motifs is 1. The maximum Gasteiger partial charge on any atom is 0.0388 e. The Morgan fingerprint density at radius 1 is 1.16 bits per heavy atom. The molecule has 1 N–H and O–H groups in total. The lowest BCUT2D eigenvalue weighted by Crippen LogP contribution is -2.17. The Balaban J connectivity index is 1.79. The van der Waals surface area contributed by atoms with E-state index in [2.05, 4.69) is 59.0 Å². The van der Waals surface area contributed by atoms with E-state index < -0.39 is 0 Å². The van der Waals surface area contributed by atoms with Crippen LogP contribution in [0.2, 0.25) is 0 Å². The number of hydrogen-bond acceptors (Lipinski definition) is 3. The highest BCUT2D eigenvalue weighted by Crippen LogP contribution is 2.21. The second kappa shape index (κ2) is 5.51. The van der Waals surface area contributed by atoms with Crippen LogP contribution in [-0.2, 0) is 6.54 Å². The van der Waals surface area contributed by atoms with Crippen LogP contribution >= 0.6 is 11.3 Å². The van der Waals surface area contributed by atoms with Gasteiger partial charge < -0.3 is 5.32 Å². The molecule has 0 amide bonds. The normalized spacial score (nSPS) is 12.7. The van der Waals surface area contributed by atoms with Crippen molar-refractivity contribution in [3.05, 3.63) is 64.6 Å². The Bertz CT molecular complexity index is 656. The van der Waals surface area contributed by atoms with Gasteiger partial charge in [-0.25, -0.2) is 0 Å². The summed E-state index contributed by atoms with van der Waals surface area (Å²) in [7, 11) is 0. The fourth-order valence-electron chi connectivity index (χ4n) is 2.22. The van der Waals surface area contributed by atoms with E-state index >= 15 is 0 Å². The van der Waals surface area contributed by atoms with Crippen molar-refractivity contribution in [2.75, 3.05) is 0 Å². The minimum atomic E-state index is 0.374. The summed E-state index contributed by atoms with van der Waals surface area (Å²) in [4.78, 5) is 5.68. The van der Waals surface area contributed by atoms with Crippen molar-refractivity contribution >= 4 is 22.1 Å². The predicted molar refractivity (Wildman–Crippen MR) is 81.3 cm³/mol. The second-order valence-electron chi connectivity index (χ2n) is 4.64. The van der Waals surface area contributed by atoms with Crippen LogP contribution in [0.5, 0.6) is 0 Å². The largest absolute Gasteiger partial charge is 0.305 e. The Morgan fingerprint density at radius 2 is 2.05 bits per heavy atom. The zero-order valence-corrected chi connectivity index (χ0v) is 11.7. The maximum atomic E-state index is 4.32. The monoisotopic (exact) mass is 268 g/mol. The summed E-state index contributed by atoms with van der Waals surface area (Å²) < 4.78 is 0. The lowest BCUT2D eigenvalue weighted by molar-refractivity contribution is 0.584. The first-order valence-electron chi connectivity index (χ1n) is 6.43. The first-order valence-corrected chi connectivity index (χ1v) is 7.31. The van der Waals surface area contributed by atoms with Gasteiger partial charge in [-0.2, -0.15) is 0 Å². The molecule has 0 saturated carbocycles. The molecule has 1 atom stereocenters. The van der Waals surface area contributed by atoms with Gasteiger partial charge in [0, 0.05) is 35.2 Å². The molecule has 2 nitrogen and oxygen atoms in total. The third-order valence-electron chi connectivity index (χ3n) is 3.32. The number of nitrogens with zero attached hydrogens (tertiary/aromatic N) is 1. The van der Waals surface area contributed by atoms with Gasteiger partial charge >= 0.3 is 0 Å². The van der Waals surface area contributed by atoms with E-state index in [4.69, 9.17) is 0 Å². The molecule has 0 unspecified atom stereocenters. The van der Waals surface area contributed by atoms with Gasteiger partial charge in [0.2, 0.25) is 0 Å². The summed E-state index contributed by atoms with van der Waals surface area (Å²) in [6, 6.07) is 13.0. The van der Waals surface area contributed by atoms with E-state index in [1.807, 2.05) is 12.4 Å². The molecule has 19 heavy (non-hydrogen) atoms. The number of rotatable bonds is 4. The minimum absolute atomic E-state index is 0.374. The molecule has 3 rings (SSSR count). The number of aromatic nitrogens is 1. The van der Waals surface area contributed by atoms with Gasteiger partial charge in [0.05, 0.1) is 0 Å². The Hall–Kier alpha value is -1.71. The topological polar surface area (TPSA) is 24.9 Å². The number of thiophene rings is 1. The summed E-state index contributed by atoms with van der Waals surface area (Å²) in [5.41, 5.74) is 1.25. The third-order valence-corrected chi connectivity index (χ3v) is 4.37. The molecule has 0 spiro atoms. The minimum Gasteiger partial charge on any atom is -0.305 e. The van der Waals surface area contributed by atoms with Gasteiger partial charge in [-0.05, 0) is 29.3 Å². The smallest absolute Gasteiger partial charge is 0.0388 e. The highest BCUT2D eigenvalue weighted by Gasteiger charge is 2.07. The molecule has 3 heteroatoms. The van der Waals surface area contributed by atoms with Crippen LogP contribution in [0.15, 0.2) is 54.2 Å². The van der Waals surface area contributed by atoms with Gasteiger partial charge in [0.25, 0.3) is 0 Å². The molecule has 0 saturated heterocycles. The molecule has 2 aromatic heterocycles. The second-order valence-corrected chi connectivity index (χ2v) is 5.62. The Labute approximate surface area is 117 Å². The maximum absolute atomic E-state index is 4.32. The molecule has 0 aliphatic heterocycles. The van der Waals surface area contributed by atoms with Crippen LogP contribution < -0.4 is 5.32 Å². The SMILES string of the molecule is C[C@@H](NCc1cncc2ccccc12)c1cccs1. The van der Waals surface area contributed by atoms with Crippen LogP contribution in [-0.4, -0.2) is 4.98 Å². The van der Waals surface area contributed by atoms with Crippen LogP contribution in [0.1, 0.15) is 23.4 Å². The fourth-order valence-corrected chi connectivity index (χ4v) is 2.98. The van der Waals surface area contributed by atoms with E-state index in [0.29, 0.717) is 6.04 Å². The lowest BCUT2D eigenvalue weighted by Gasteiger charge is -2.13. The van der Waals surface area contributed by atoms with Crippen molar-refractivity contribution < 1.29 is 0 Å². The van der Waals surface area contributed by atoms with E-state index in [1.54, 1.807) is 11.3 Å². The summed E-state index contributed by atoms with van der Waals surface area (Å²) in [6.45, 7) is 3.04. The van der Waals surface area contributed by atoms with E-state index in [1.165, 1.54) is 21.2 Å². The molecule has 0 bridgehead atoms. The first-order chi connectivity index (χ1) is 9.34. The van der Waals surface area contributed by atoms with Crippen LogP contribution in [0, 0.1) is 0 Å². The number of hydrogen-bond donors (Lipinski definition) is 1. The van der Waals surface area contributed by atoms with Crippen LogP contribution in [0.3, 0.4) is 0 Å². The van der Waals surface area contributed by atoms with Crippen molar-refractivity contribution in [2.45, 2.75) is 19.5 Å². The average molecular weight is 268 g/mol. The third kappa shape index (κ3) is 2.67. The van der Waals surface area contributed by atoms with Gasteiger partial charge in [0.1, 0.15) is 0 Å². The van der Waals surface area contributed by atoms with Gasteiger partial charge in [-0.15, -0.1) is 11.3 Å². The zero-order chi connectivity index (χ0) is 13.1. The van der Waals surface area contributed by atoms with Gasteiger partial charge in [0.15, 0.2) is 0 Å². The van der Waals surface area contributed by atoms with Crippen molar-refractivity contribution in [3.8, 4) is 0 Å².